The number of carbonyl (C=O) groups excluding carboxylic acids is 3. The van der Waals surface area contributed by atoms with E-state index in [1.54, 1.807) is 18.2 Å². The minimum absolute atomic E-state index is 0.0281. The van der Waals surface area contributed by atoms with E-state index in [-0.39, 0.29) is 37.3 Å². The molecule has 2 amide bonds. The smallest absolute Gasteiger partial charge is 0.247 e. The monoisotopic (exact) mass is 640 g/mol. The summed E-state index contributed by atoms with van der Waals surface area (Å²) in [7, 11) is 1.47. The third kappa shape index (κ3) is 6.87. The number of aldehydes is 1. The number of amides is 2. The van der Waals surface area contributed by atoms with Gasteiger partial charge in [-0.2, -0.15) is 0 Å². The third-order valence-corrected chi connectivity index (χ3v) is 8.45. The second kappa shape index (κ2) is 13.3. The Morgan fingerprint density at radius 2 is 1.92 bits per heavy atom. The van der Waals surface area contributed by atoms with Crippen molar-refractivity contribution in [3.8, 4) is 11.5 Å². The fourth-order valence-electron chi connectivity index (χ4n) is 5.44. The van der Waals surface area contributed by atoms with Crippen molar-refractivity contribution in [2.45, 2.75) is 69.6 Å². The third-order valence-electron chi connectivity index (χ3n) is 7.65. The normalized spacial score (nSPS) is 23.8. The van der Waals surface area contributed by atoms with Gasteiger partial charge >= 0.3 is 0 Å². The van der Waals surface area contributed by atoms with Crippen LogP contribution in [0.3, 0.4) is 0 Å². The highest BCUT2D eigenvalue weighted by molar-refractivity contribution is 14.1. The molecule has 208 valence electrons. The first-order valence-electron chi connectivity index (χ1n) is 13.4. The molecule has 4 rings (SSSR count). The Morgan fingerprint density at radius 3 is 2.55 bits per heavy atom. The van der Waals surface area contributed by atoms with Gasteiger partial charge in [0.1, 0.15) is 18.5 Å². The van der Waals surface area contributed by atoms with E-state index in [0.717, 1.165) is 44.8 Å². The number of rotatable bonds is 11. The van der Waals surface area contributed by atoms with Gasteiger partial charge in [0.05, 0.1) is 23.3 Å². The Labute approximate surface area is 237 Å². The van der Waals surface area contributed by atoms with E-state index < -0.39 is 18.2 Å². The molecule has 3 aliphatic rings. The Hall–Kier alpha value is -2.18. The van der Waals surface area contributed by atoms with Crippen LogP contribution in [0.4, 0.5) is 0 Å². The standard InChI is InChI=1S/C28H37IN2O7/c1-37-24-12-18(16-33)11-21(29)26(24)38-23-14-20(27(35)30-9-10-32)13-22(25(23)34)31(28(36)19-7-8-19)15-17-5-3-2-4-6-17/h11-12,14,16-17,19,22-23,25,32,34H,2-10,13,15H2,1H3,(H,30,35)/t22-,23+,25+/m1/s1. The summed E-state index contributed by atoms with van der Waals surface area (Å²) in [6.07, 6.45) is 7.77. The molecule has 38 heavy (non-hydrogen) atoms. The number of hydrogen-bond donors (Lipinski definition) is 3. The lowest BCUT2D eigenvalue weighted by molar-refractivity contribution is -0.141. The molecule has 0 unspecified atom stereocenters. The molecule has 0 bridgehead atoms. The van der Waals surface area contributed by atoms with Gasteiger partial charge in [0, 0.05) is 36.6 Å². The highest BCUT2D eigenvalue weighted by atomic mass is 127. The predicted molar refractivity (Wildman–Crippen MR) is 149 cm³/mol. The lowest BCUT2D eigenvalue weighted by Gasteiger charge is -2.42. The zero-order valence-corrected chi connectivity index (χ0v) is 23.9. The van der Waals surface area contributed by atoms with E-state index in [0.29, 0.717) is 38.7 Å². The summed E-state index contributed by atoms with van der Waals surface area (Å²) in [5, 5.41) is 23.5. The Bertz CT molecular complexity index is 1050. The van der Waals surface area contributed by atoms with Crippen molar-refractivity contribution in [1.29, 1.82) is 0 Å². The number of nitrogens with zero attached hydrogens (tertiary/aromatic N) is 1. The van der Waals surface area contributed by atoms with Crippen LogP contribution in [0.2, 0.25) is 0 Å². The molecular formula is C28H37IN2O7. The van der Waals surface area contributed by atoms with Crippen LogP contribution >= 0.6 is 22.6 Å². The second-order valence-electron chi connectivity index (χ2n) is 10.4. The first-order valence-corrected chi connectivity index (χ1v) is 14.5. The number of nitrogens with one attached hydrogen (secondary N) is 1. The number of aliphatic hydroxyl groups is 2. The molecule has 2 saturated carbocycles. The minimum atomic E-state index is -1.08. The van der Waals surface area contributed by atoms with Crippen LogP contribution in [0.25, 0.3) is 0 Å². The number of carbonyl (C=O) groups is 3. The van der Waals surface area contributed by atoms with Gasteiger partial charge in [-0.3, -0.25) is 14.4 Å². The highest BCUT2D eigenvalue weighted by Crippen LogP contribution is 2.39. The molecule has 0 aromatic heterocycles. The zero-order chi connectivity index (χ0) is 27.2. The molecule has 0 radical (unpaired) electrons. The fraction of sp³-hybridized carbons (Fsp3) is 0.607. The maximum Gasteiger partial charge on any atom is 0.247 e. The molecule has 1 aromatic rings. The van der Waals surface area contributed by atoms with E-state index >= 15 is 0 Å². The SMILES string of the molecule is COc1cc(C=O)cc(I)c1O[C@H]1C=C(C(=O)NCCO)C[C@@H](N(CC2CCCCC2)C(=O)C2CC2)[C@@H]1O. The average Bonchev–Trinajstić information content (AvgIpc) is 3.78. The Balaban J connectivity index is 1.67. The maximum atomic E-state index is 13.5. The topological polar surface area (TPSA) is 125 Å². The minimum Gasteiger partial charge on any atom is -0.493 e. The van der Waals surface area contributed by atoms with Gasteiger partial charge in [-0.05, 0) is 72.4 Å². The van der Waals surface area contributed by atoms with E-state index in [2.05, 4.69) is 5.32 Å². The number of hydrogen-bond acceptors (Lipinski definition) is 7. The van der Waals surface area contributed by atoms with Gasteiger partial charge in [-0.25, -0.2) is 0 Å². The zero-order valence-electron chi connectivity index (χ0n) is 21.7. The van der Waals surface area contributed by atoms with Crippen molar-refractivity contribution >= 4 is 40.7 Å². The Morgan fingerprint density at radius 1 is 1.18 bits per heavy atom. The van der Waals surface area contributed by atoms with Crippen LogP contribution in [0, 0.1) is 15.4 Å². The molecule has 0 spiro atoms. The van der Waals surface area contributed by atoms with Crippen LogP contribution in [0.1, 0.15) is 61.7 Å². The van der Waals surface area contributed by atoms with Crippen LogP contribution in [-0.4, -0.2) is 78.3 Å². The quantitative estimate of drug-likeness (QED) is 0.251. The molecule has 0 heterocycles. The summed E-state index contributed by atoms with van der Waals surface area (Å²) in [4.78, 5) is 39.7. The lowest BCUT2D eigenvalue weighted by atomic mass is 9.85. The predicted octanol–water partition coefficient (Wildman–Crippen LogP) is 2.85. The maximum absolute atomic E-state index is 13.5. The molecule has 3 atom stereocenters. The summed E-state index contributed by atoms with van der Waals surface area (Å²) in [6, 6.07) is 2.58. The number of ether oxygens (including phenoxy) is 2. The number of halogens is 1. The lowest BCUT2D eigenvalue weighted by Crippen LogP contribution is -2.56. The summed E-state index contributed by atoms with van der Waals surface area (Å²) in [5.74, 6) is 0.701. The van der Waals surface area contributed by atoms with Gasteiger partial charge in [-0.1, -0.05) is 19.3 Å². The van der Waals surface area contributed by atoms with Crippen molar-refractivity contribution in [1.82, 2.24) is 10.2 Å². The van der Waals surface area contributed by atoms with Crippen molar-refractivity contribution in [2.24, 2.45) is 11.8 Å². The molecule has 0 aliphatic heterocycles. The molecule has 10 heteroatoms. The first kappa shape index (κ1) is 28.8. The molecule has 9 nitrogen and oxygen atoms in total. The molecule has 2 fully saturated rings. The molecular weight excluding hydrogens is 603 g/mol. The van der Waals surface area contributed by atoms with E-state index in [9.17, 15) is 24.6 Å². The largest absolute Gasteiger partial charge is 0.493 e. The van der Waals surface area contributed by atoms with Gasteiger partial charge in [0.15, 0.2) is 11.5 Å². The van der Waals surface area contributed by atoms with E-state index in [4.69, 9.17) is 9.47 Å². The highest BCUT2D eigenvalue weighted by Gasteiger charge is 2.44. The van der Waals surface area contributed by atoms with Crippen molar-refractivity contribution in [2.75, 3.05) is 26.8 Å². The van der Waals surface area contributed by atoms with E-state index in [1.165, 1.54) is 13.5 Å². The first-order chi connectivity index (χ1) is 18.4. The van der Waals surface area contributed by atoms with Gasteiger partial charge < -0.3 is 29.9 Å². The fourth-order valence-corrected chi connectivity index (χ4v) is 6.19. The van der Waals surface area contributed by atoms with Gasteiger partial charge in [-0.15, -0.1) is 0 Å². The summed E-state index contributed by atoms with van der Waals surface area (Å²) in [5.41, 5.74) is 0.823. The average molecular weight is 641 g/mol. The summed E-state index contributed by atoms with van der Waals surface area (Å²) < 4.78 is 12.4. The molecule has 3 aliphatic carbocycles. The van der Waals surface area contributed by atoms with Crippen molar-refractivity contribution < 1.29 is 34.1 Å². The van der Waals surface area contributed by atoms with Crippen molar-refractivity contribution in [3.05, 3.63) is 32.9 Å². The second-order valence-corrected chi connectivity index (χ2v) is 11.6. The van der Waals surface area contributed by atoms with Gasteiger partial charge in [0.25, 0.3) is 0 Å². The number of benzene rings is 1. The number of methoxy groups -OCH3 is 1. The van der Waals surface area contributed by atoms with Crippen molar-refractivity contribution in [3.63, 3.8) is 0 Å². The van der Waals surface area contributed by atoms with Crippen LogP contribution in [-0.2, 0) is 9.59 Å². The number of aliphatic hydroxyl groups excluding tert-OH is 2. The van der Waals surface area contributed by atoms with E-state index in [1.807, 2.05) is 27.5 Å². The van der Waals surface area contributed by atoms with Crippen LogP contribution in [0.5, 0.6) is 11.5 Å². The van der Waals surface area contributed by atoms with Gasteiger partial charge in [0.2, 0.25) is 11.8 Å². The molecule has 3 N–H and O–H groups in total. The molecule has 1 aromatic carbocycles. The van der Waals surface area contributed by atoms with Crippen LogP contribution in [0.15, 0.2) is 23.8 Å². The molecule has 0 saturated heterocycles. The summed E-state index contributed by atoms with van der Waals surface area (Å²) in [6.45, 7) is 0.461. The van der Waals surface area contributed by atoms with Crippen LogP contribution < -0.4 is 14.8 Å². The Kier molecular flexibility index (Phi) is 10.1. The summed E-state index contributed by atoms with van der Waals surface area (Å²) >= 11 is 2.04.